The van der Waals surface area contributed by atoms with Gasteiger partial charge in [-0.05, 0) is 43.2 Å². The SMILES string of the molecule is NC1(Cc2cccc(C3(C(=O)N4CCNCC4)CC3)c2)CC1. The van der Waals surface area contributed by atoms with Crippen LogP contribution in [0.2, 0.25) is 0 Å². The molecule has 2 saturated carbocycles. The molecule has 3 fully saturated rings. The molecule has 118 valence electrons. The van der Waals surface area contributed by atoms with E-state index in [9.17, 15) is 4.79 Å². The first-order valence-corrected chi connectivity index (χ1v) is 8.50. The smallest absolute Gasteiger partial charge is 0.233 e. The maximum absolute atomic E-state index is 13.0. The molecule has 1 aromatic carbocycles. The largest absolute Gasteiger partial charge is 0.339 e. The molecular formula is C18H25N3O. The van der Waals surface area contributed by atoms with Gasteiger partial charge in [-0.25, -0.2) is 0 Å². The van der Waals surface area contributed by atoms with Crippen LogP contribution >= 0.6 is 0 Å². The van der Waals surface area contributed by atoms with Crippen LogP contribution < -0.4 is 11.1 Å². The molecule has 1 aliphatic heterocycles. The van der Waals surface area contributed by atoms with Crippen LogP contribution in [-0.4, -0.2) is 42.5 Å². The summed E-state index contributed by atoms with van der Waals surface area (Å²) >= 11 is 0. The topological polar surface area (TPSA) is 58.4 Å². The molecule has 0 spiro atoms. The van der Waals surface area contributed by atoms with Crippen molar-refractivity contribution in [2.45, 2.75) is 43.1 Å². The minimum Gasteiger partial charge on any atom is -0.339 e. The lowest BCUT2D eigenvalue weighted by Crippen LogP contribution is -2.49. The molecule has 4 rings (SSSR count). The quantitative estimate of drug-likeness (QED) is 0.878. The first-order chi connectivity index (χ1) is 10.6. The summed E-state index contributed by atoms with van der Waals surface area (Å²) in [6, 6.07) is 8.62. The summed E-state index contributed by atoms with van der Waals surface area (Å²) in [6.45, 7) is 3.51. The highest BCUT2D eigenvalue weighted by Crippen LogP contribution is 2.50. The highest BCUT2D eigenvalue weighted by Gasteiger charge is 2.53. The number of carbonyl (C=O) groups excluding carboxylic acids is 1. The zero-order chi connectivity index (χ0) is 15.2. The molecule has 3 aliphatic rings. The molecule has 0 aromatic heterocycles. The Morgan fingerprint density at radius 1 is 1.18 bits per heavy atom. The van der Waals surface area contributed by atoms with Gasteiger partial charge in [-0.3, -0.25) is 4.79 Å². The summed E-state index contributed by atoms with van der Waals surface area (Å²) in [7, 11) is 0. The number of carbonyl (C=O) groups is 1. The maximum Gasteiger partial charge on any atom is 0.233 e. The van der Waals surface area contributed by atoms with Crippen LogP contribution in [0.25, 0.3) is 0 Å². The van der Waals surface area contributed by atoms with Gasteiger partial charge >= 0.3 is 0 Å². The molecule has 4 nitrogen and oxygen atoms in total. The molecule has 2 aliphatic carbocycles. The summed E-state index contributed by atoms with van der Waals surface area (Å²) < 4.78 is 0. The van der Waals surface area contributed by atoms with E-state index in [0.717, 1.165) is 58.3 Å². The monoisotopic (exact) mass is 299 g/mol. The summed E-state index contributed by atoms with van der Waals surface area (Å²) in [5.41, 5.74) is 8.53. The Morgan fingerprint density at radius 3 is 2.55 bits per heavy atom. The average Bonchev–Trinajstić information content (AvgIpc) is 3.45. The van der Waals surface area contributed by atoms with E-state index in [1.807, 2.05) is 4.90 Å². The van der Waals surface area contributed by atoms with Crippen molar-refractivity contribution in [2.75, 3.05) is 26.2 Å². The number of hydrogen-bond acceptors (Lipinski definition) is 3. The summed E-state index contributed by atoms with van der Waals surface area (Å²) in [4.78, 5) is 15.0. The molecular weight excluding hydrogens is 274 g/mol. The van der Waals surface area contributed by atoms with Gasteiger partial charge in [-0.15, -0.1) is 0 Å². The summed E-state index contributed by atoms with van der Waals surface area (Å²) in [6.07, 6.45) is 5.18. The van der Waals surface area contributed by atoms with Gasteiger partial charge in [-0.1, -0.05) is 24.3 Å². The van der Waals surface area contributed by atoms with E-state index in [2.05, 4.69) is 29.6 Å². The third-order valence-electron chi connectivity index (χ3n) is 5.49. The van der Waals surface area contributed by atoms with E-state index >= 15 is 0 Å². The van der Waals surface area contributed by atoms with Crippen molar-refractivity contribution in [3.8, 4) is 0 Å². The number of nitrogens with one attached hydrogen (secondary N) is 1. The fourth-order valence-electron chi connectivity index (χ4n) is 3.64. The Labute approximate surface area is 132 Å². The zero-order valence-corrected chi connectivity index (χ0v) is 13.1. The van der Waals surface area contributed by atoms with E-state index in [1.54, 1.807) is 0 Å². The number of benzene rings is 1. The Balaban J connectivity index is 1.55. The molecule has 1 heterocycles. The van der Waals surface area contributed by atoms with Crippen molar-refractivity contribution in [2.24, 2.45) is 5.73 Å². The highest BCUT2D eigenvalue weighted by atomic mass is 16.2. The predicted molar refractivity (Wildman–Crippen MR) is 86.7 cm³/mol. The molecule has 1 amide bonds. The minimum absolute atomic E-state index is 0.0257. The van der Waals surface area contributed by atoms with Crippen molar-refractivity contribution in [3.63, 3.8) is 0 Å². The number of amides is 1. The zero-order valence-electron chi connectivity index (χ0n) is 13.1. The number of rotatable bonds is 4. The first-order valence-electron chi connectivity index (χ1n) is 8.50. The summed E-state index contributed by atoms with van der Waals surface area (Å²) in [5, 5.41) is 3.32. The Morgan fingerprint density at radius 2 is 1.91 bits per heavy atom. The van der Waals surface area contributed by atoms with Crippen LogP contribution in [0.3, 0.4) is 0 Å². The lowest BCUT2D eigenvalue weighted by Gasteiger charge is -2.31. The third kappa shape index (κ3) is 2.55. The summed E-state index contributed by atoms with van der Waals surface area (Å²) in [5.74, 6) is 0.333. The molecule has 1 aromatic rings. The van der Waals surface area contributed by atoms with E-state index in [0.29, 0.717) is 5.91 Å². The fraction of sp³-hybridized carbons (Fsp3) is 0.611. The fourth-order valence-corrected chi connectivity index (χ4v) is 3.64. The van der Waals surface area contributed by atoms with Gasteiger partial charge in [0, 0.05) is 31.7 Å². The van der Waals surface area contributed by atoms with Gasteiger partial charge < -0.3 is 16.0 Å². The minimum atomic E-state index is -0.237. The van der Waals surface area contributed by atoms with Crippen LogP contribution in [0, 0.1) is 0 Å². The van der Waals surface area contributed by atoms with Gasteiger partial charge in [0.2, 0.25) is 5.91 Å². The predicted octanol–water partition coefficient (Wildman–Crippen LogP) is 1.18. The second-order valence-electron chi connectivity index (χ2n) is 7.36. The molecule has 4 heteroatoms. The molecule has 0 bridgehead atoms. The maximum atomic E-state index is 13.0. The number of piperazine rings is 1. The van der Waals surface area contributed by atoms with E-state index in [4.69, 9.17) is 5.73 Å². The molecule has 3 N–H and O–H groups in total. The molecule has 1 saturated heterocycles. The molecule has 0 radical (unpaired) electrons. The van der Waals surface area contributed by atoms with E-state index in [-0.39, 0.29) is 11.0 Å². The van der Waals surface area contributed by atoms with Crippen LogP contribution in [0.5, 0.6) is 0 Å². The number of nitrogens with two attached hydrogens (primary N) is 1. The molecule has 22 heavy (non-hydrogen) atoms. The van der Waals surface area contributed by atoms with Crippen molar-refractivity contribution >= 4 is 5.91 Å². The van der Waals surface area contributed by atoms with Gasteiger partial charge in [0.15, 0.2) is 0 Å². The molecule has 0 atom stereocenters. The highest BCUT2D eigenvalue weighted by molar-refractivity contribution is 5.91. The second-order valence-corrected chi connectivity index (χ2v) is 7.36. The Bertz CT molecular complexity index is 584. The Hall–Kier alpha value is -1.39. The van der Waals surface area contributed by atoms with Gasteiger partial charge in [0.05, 0.1) is 5.41 Å². The van der Waals surface area contributed by atoms with Crippen molar-refractivity contribution in [1.29, 1.82) is 0 Å². The van der Waals surface area contributed by atoms with Crippen LogP contribution in [-0.2, 0) is 16.6 Å². The van der Waals surface area contributed by atoms with E-state index in [1.165, 1.54) is 11.1 Å². The van der Waals surface area contributed by atoms with Crippen LogP contribution in [0.15, 0.2) is 24.3 Å². The van der Waals surface area contributed by atoms with Gasteiger partial charge in [0.25, 0.3) is 0 Å². The van der Waals surface area contributed by atoms with Gasteiger partial charge in [0.1, 0.15) is 0 Å². The second kappa shape index (κ2) is 5.07. The van der Waals surface area contributed by atoms with Gasteiger partial charge in [-0.2, -0.15) is 0 Å². The lowest BCUT2D eigenvalue weighted by molar-refractivity contribution is -0.134. The number of nitrogens with zero attached hydrogens (tertiary/aromatic N) is 1. The standard InChI is InChI=1S/C18H25N3O/c19-17(4-5-17)13-14-2-1-3-15(12-14)18(6-7-18)16(22)21-10-8-20-9-11-21/h1-3,12,20H,4-11,13,19H2. The first kappa shape index (κ1) is 14.2. The Kier molecular flexibility index (Phi) is 3.27. The normalized spacial score (nSPS) is 24.9. The van der Waals surface area contributed by atoms with Crippen molar-refractivity contribution in [3.05, 3.63) is 35.4 Å². The lowest BCUT2D eigenvalue weighted by atomic mass is 9.91. The number of hydrogen-bond donors (Lipinski definition) is 2. The van der Waals surface area contributed by atoms with Crippen LogP contribution in [0.1, 0.15) is 36.8 Å². The molecule has 0 unspecified atom stereocenters. The third-order valence-corrected chi connectivity index (χ3v) is 5.49. The van der Waals surface area contributed by atoms with Crippen molar-refractivity contribution < 1.29 is 4.79 Å². The average molecular weight is 299 g/mol. The van der Waals surface area contributed by atoms with Crippen molar-refractivity contribution in [1.82, 2.24) is 10.2 Å². The van der Waals surface area contributed by atoms with Crippen LogP contribution in [0.4, 0.5) is 0 Å². The van der Waals surface area contributed by atoms with E-state index < -0.39 is 0 Å².